The minimum atomic E-state index is -0.209. The van der Waals surface area contributed by atoms with E-state index in [9.17, 15) is 0 Å². The molecule has 2 aliphatic rings. The third-order valence-corrected chi connectivity index (χ3v) is 12.8. The molecule has 0 spiro atoms. The molecule has 0 saturated heterocycles. The van der Waals surface area contributed by atoms with Crippen LogP contribution in [-0.2, 0) is 10.8 Å². The predicted molar refractivity (Wildman–Crippen MR) is 241 cm³/mol. The first-order valence-electron chi connectivity index (χ1n) is 20.2. The molecule has 57 heavy (non-hydrogen) atoms. The quantitative estimate of drug-likeness (QED) is 0.165. The first-order valence-corrected chi connectivity index (χ1v) is 20.2. The van der Waals surface area contributed by atoms with E-state index in [0.717, 1.165) is 33.7 Å². The molecule has 0 atom stereocenters. The topological polar surface area (TPSA) is 26.2 Å². The average Bonchev–Trinajstić information content (AvgIpc) is 3.88. The minimum absolute atomic E-state index is 0.0441. The van der Waals surface area contributed by atoms with Crippen LogP contribution in [0.1, 0.15) is 52.7 Å². The molecule has 12 rings (SSSR count). The molecule has 10 aromatic rings. The number of hydrogen-bond acceptors (Lipinski definition) is 2. The summed E-state index contributed by atoms with van der Waals surface area (Å²) in [6, 6.07) is 54.2. The Morgan fingerprint density at radius 2 is 1.14 bits per heavy atom. The fourth-order valence-electron chi connectivity index (χ4n) is 10.1. The van der Waals surface area contributed by atoms with Crippen molar-refractivity contribution in [3.63, 3.8) is 0 Å². The number of hydrogen-bond donors (Lipinski definition) is 0. The van der Waals surface area contributed by atoms with Crippen LogP contribution in [0.3, 0.4) is 0 Å². The van der Waals surface area contributed by atoms with E-state index in [4.69, 9.17) is 4.42 Å². The molecule has 0 unspecified atom stereocenters. The van der Waals surface area contributed by atoms with Gasteiger partial charge in [-0.15, -0.1) is 0 Å². The number of furan rings is 1. The van der Waals surface area contributed by atoms with Gasteiger partial charge in [-0.05, 0) is 81.5 Å². The summed E-state index contributed by atoms with van der Waals surface area (Å²) in [5.74, 6) is 0. The van der Waals surface area contributed by atoms with Crippen LogP contribution in [0.25, 0.3) is 71.4 Å². The van der Waals surface area contributed by atoms with Crippen molar-refractivity contribution in [2.75, 3.05) is 4.90 Å². The summed E-state index contributed by atoms with van der Waals surface area (Å²) in [6.45, 7) is 13.6. The molecule has 0 saturated carbocycles. The monoisotopic (exact) mass is 735 g/mol. The van der Waals surface area contributed by atoms with Gasteiger partial charge in [0.25, 0.3) is 0 Å². The number of aromatic nitrogens is 2. The van der Waals surface area contributed by atoms with Gasteiger partial charge < -0.3 is 18.4 Å². The van der Waals surface area contributed by atoms with E-state index in [1.807, 2.05) is 0 Å². The maximum absolute atomic E-state index is 7.25. The van der Waals surface area contributed by atoms with Crippen molar-refractivity contribution >= 4 is 89.6 Å². The zero-order chi connectivity index (χ0) is 38.5. The fourth-order valence-corrected chi connectivity index (χ4v) is 10.1. The third-order valence-electron chi connectivity index (χ3n) is 12.8. The van der Waals surface area contributed by atoms with Crippen LogP contribution in [0.5, 0.6) is 0 Å². The number of para-hydroxylation sites is 4. The molecule has 274 valence electrons. The Morgan fingerprint density at radius 1 is 0.491 bits per heavy atom. The van der Waals surface area contributed by atoms with Gasteiger partial charge in [0.2, 0.25) is 0 Å². The highest BCUT2D eigenvalue weighted by Crippen LogP contribution is 2.50. The van der Waals surface area contributed by atoms with Crippen molar-refractivity contribution in [2.24, 2.45) is 0 Å². The van der Waals surface area contributed by atoms with Crippen LogP contribution < -0.4 is 16.0 Å². The minimum Gasteiger partial charge on any atom is -0.466 e. The molecule has 0 N–H and O–H groups in total. The molecule has 0 radical (unpaired) electrons. The van der Waals surface area contributed by atoms with Crippen molar-refractivity contribution in [3.05, 3.63) is 157 Å². The molecule has 7 aromatic carbocycles. The number of rotatable bonds is 2. The van der Waals surface area contributed by atoms with Crippen molar-refractivity contribution in [1.29, 1.82) is 0 Å². The Labute approximate surface area is 332 Å². The molecule has 0 bridgehead atoms. The van der Waals surface area contributed by atoms with Crippen LogP contribution in [0, 0.1) is 0 Å². The zero-order valence-electron chi connectivity index (χ0n) is 33.2. The largest absolute Gasteiger partial charge is 0.466 e. The molecule has 5 heterocycles. The molecule has 0 fully saturated rings. The predicted octanol–water partition coefficient (Wildman–Crippen LogP) is 12.7. The maximum atomic E-state index is 7.25. The lowest BCUT2D eigenvalue weighted by atomic mass is 9.47. The lowest BCUT2D eigenvalue weighted by Crippen LogP contribution is -2.56. The summed E-state index contributed by atoms with van der Waals surface area (Å²) in [5.41, 5.74) is 17.8. The van der Waals surface area contributed by atoms with Gasteiger partial charge in [-0.2, -0.15) is 0 Å². The molecule has 0 aliphatic carbocycles. The first-order chi connectivity index (χ1) is 27.6. The maximum Gasteiger partial charge on any atom is 0.376 e. The molecule has 3 aromatic heterocycles. The smallest absolute Gasteiger partial charge is 0.376 e. The van der Waals surface area contributed by atoms with Crippen molar-refractivity contribution in [2.45, 2.75) is 52.4 Å². The second-order valence-corrected chi connectivity index (χ2v) is 18.2. The van der Waals surface area contributed by atoms with E-state index in [2.05, 4.69) is 201 Å². The summed E-state index contributed by atoms with van der Waals surface area (Å²) in [6.07, 6.45) is 0. The highest BCUT2D eigenvalue weighted by molar-refractivity contribution is 6.89. The van der Waals surface area contributed by atoms with Gasteiger partial charge in [-0.25, -0.2) is 0 Å². The van der Waals surface area contributed by atoms with Crippen LogP contribution in [0.15, 0.2) is 150 Å². The highest BCUT2D eigenvalue weighted by Gasteiger charge is 2.47. The van der Waals surface area contributed by atoms with E-state index in [1.165, 1.54) is 77.0 Å². The van der Waals surface area contributed by atoms with Crippen LogP contribution in [0.4, 0.5) is 17.1 Å². The number of fused-ring (bicyclic) bond motifs is 13. The van der Waals surface area contributed by atoms with Gasteiger partial charge in [0.1, 0.15) is 11.2 Å². The van der Waals surface area contributed by atoms with E-state index in [1.54, 1.807) is 0 Å². The van der Waals surface area contributed by atoms with Gasteiger partial charge in [0.15, 0.2) is 0 Å². The molecule has 0 amide bonds. The first kappa shape index (κ1) is 32.8. The SMILES string of the molecule is CC(C)(C)c1ccc(N2c3cc(C(C)(C)C)cc4c3B(c3oc5ccccc5c32)n2c3c-4cccc3c3ccc4c5ccccc5n(-c5ccccc5)c4c32)cc1. The zero-order valence-corrected chi connectivity index (χ0v) is 33.2. The summed E-state index contributed by atoms with van der Waals surface area (Å²) < 4.78 is 12.4. The lowest BCUT2D eigenvalue weighted by Gasteiger charge is -2.39. The Bertz CT molecular complexity index is 3310. The standard InChI is InChI=1S/C52H42BN3O/c1-51(2,3)31-23-25-34(26-24-31)55-43-30-32(52(4,5)6)29-41-37-20-14-19-36-39-28-27-38-35-17-10-12-21-42(35)54(33-15-8-7-9-16-33)47(38)48(39)56(46(36)37)53(45(41)43)50-49(55)40-18-11-13-22-44(40)57-50/h7-30H,1-6H3. The third kappa shape index (κ3) is 4.35. The molecule has 5 heteroatoms. The average molecular weight is 736 g/mol. The molecule has 4 nitrogen and oxygen atoms in total. The molecular formula is C52H42BN3O. The van der Waals surface area contributed by atoms with E-state index in [-0.39, 0.29) is 17.7 Å². The summed E-state index contributed by atoms with van der Waals surface area (Å²) in [7, 11) is 0. The van der Waals surface area contributed by atoms with Gasteiger partial charge in [-0.3, -0.25) is 0 Å². The van der Waals surface area contributed by atoms with E-state index >= 15 is 0 Å². The Balaban J connectivity index is 1.29. The number of nitrogens with zero attached hydrogens (tertiary/aromatic N) is 3. The Morgan fingerprint density at radius 3 is 1.89 bits per heavy atom. The van der Waals surface area contributed by atoms with Gasteiger partial charge >= 0.3 is 6.85 Å². The van der Waals surface area contributed by atoms with E-state index in [0.29, 0.717) is 0 Å². The van der Waals surface area contributed by atoms with Crippen molar-refractivity contribution in [1.82, 2.24) is 9.05 Å². The lowest BCUT2D eigenvalue weighted by molar-refractivity contribution is 0.590. The second-order valence-electron chi connectivity index (χ2n) is 18.2. The van der Waals surface area contributed by atoms with Gasteiger partial charge in [0.05, 0.1) is 22.2 Å². The highest BCUT2D eigenvalue weighted by atomic mass is 16.3. The number of anilines is 3. The second kappa shape index (κ2) is 11.1. The van der Waals surface area contributed by atoms with Crippen molar-refractivity contribution < 1.29 is 4.42 Å². The summed E-state index contributed by atoms with van der Waals surface area (Å²) in [5, 5.41) is 6.14. The Hall–Kier alpha value is -6.46. The van der Waals surface area contributed by atoms with Crippen LogP contribution >= 0.6 is 0 Å². The van der Waals surface area contributed by atoms with Gasteiger partial charge in [-0.1, -0.05) is 139 Å². The fraction of sp³-hybridized carbons (Fsp3) is 0.154. The van der Waals surface area contributed by atoms with Crippen LogP contribution in [-0.4, -0.2) is 15.9 Å². The number of benzene rings is 7. The van der Waals surface area contributed by atoms with Crippen molar-refractivity contribution in [3.8, 4) is 16.8 Å². The van der Waals surface area contributed by atoms with Crippen LogP contribution in [0.2, 0.25) is 0 Å². The molecule has 2 aliphatic heterocycles. The van der Waals surface area contributed by atoms with Gasteiger partial charge in [0, 0.05) is 55.1 Å². The Kier molecular flexibility index (Phi) is 6.38. The van der Waals surface area contributed by atoms with E-state index < -0.39 is 0 Å². The summed E-state index contributed by atoms with van der Waals surface area (Å²) >= 11 is 0. The molecular weight excluding hydrogens is 693 g/mol. The normalized spacial score (nSPS) is 13.7. The summed E-state index contributed by atoms with van der Waals surface area (Å²) in [4.78, 5) is 2.51.